The van der Waals surface area contributed by atoms with Crippen molar-refractivity contribution in [1.82, 2.24) is 0 Å². The summed E-state index contributed by atoms with van der Waals surface area (Å²) in [4.78, 5) is 34.7. The summed E-state index contributed by atoms with van der Waals surface area (Å²) in [6, 6.07) is 0. The fourth-order valence-corrected chi connectivity index (χ4v) is 2.86. The van der Waals surface area contributed by atoms with E-state index in [1.807, 2.05) is 0 Å². The number of carbonyl (C=O) groups excluding carboxylic acids is 3. The summed E-state index contributed by atoms with van der Waals surface area (Å²) >= 11 is 0. The van der Waals surface area contributed by atoms with E-state index in [0.717, 1.165) is 0 Å². The number of hydrogen-bond donors (Lipinski definition) is 0. The van der Waals surface area contributed by atoms with Gasteiger partial charge in [-0.05, 0) is 33.6 Å². The minimum atomic E-state index is -1.35. The van der Waals surface area contributed by atoms with E-state index in [1.54, 1.807) is 6.92 Å². The van der Waals surface area contributed by atoms with Gasteiger partial charge in [-0.15, -0.1) is 0 Å². The number of ether oxygens (including phenoxy) is 3. The summed E-state index contributed by atoms with van der Waals surface area (Å²) in [6.45, 7) is 5.97. The second-order valence-electron chi connectivity index (χ2n) is 6.21. The van der Waals surface area contributed by atoms with Crippen molar-refractivity contribution in [2.45, 2.75) is 64.3 Å². The molecule has 112 valence electrons. The second kappa shape index (κ2) is 4.75. The summed E-state index contributed by atoms with van der Waals surface area (Å²) in [7, 11) is 0. The lowest BCUT2D eigenvalue weighted by molar-refractivity contribution is -0.193. The highest BCUT2D eigenvalue weighted by Gasteiger charge is 2.54. The minimum Gasteiger partial charge on any atom is -0.455 e. The smallest absolute Gasteiger partial charge is 0.350 e. The van der Waals surface area contributed by atoms with Crippen LogP contribution in [0.2, 0.25) is 0 Å². The standard InChI is InChI=1S/C14H20O6/c1-8(15)19-13(2,3)12(17)18-10-6-5-9-7-14(10,4)20-11(9)16/h9-10H,5-7H2,1-4H3. The van der Waals surface area contributed by atoms with E-state index in [9.17, 15) is 14.4 Å². The average molecular weight is 284 g/mol. The lowest BCUT2D eigenvalue weighted by Gasteiger charge is -2.36. The van der Waals surface area contributed by atoms with Crippen LogP contribution in [-0.2, 0) is 28.6 Å². The molecule has 0 N–H and O–H groups in total. The molecule has 2 fully saturated rings. The fourth-order valence-electron chi connectivity index (χ4n) is 2.86. The molecule has 0 amide bonds. The molecule has 1 saturated carbocycles. The summed E-state index contributed by atoms with van der Waals surface area (Å²) in [5.41, 5.74) is -2.11. The van der Waals surface area contributed by atoms with Gasteiger partial charge in [-0.25, -0.2) is 4.79 Å². The van der Waals surface area contributed by atoms with Gasteiger partial charge in [-0.2, -0.15) is 0 Å². The quantitative estimate of drug-likeness (QED) is 0.575. The molecule has 0 spiro atoms. The molecule has 0 radical (unpaired) electrons. The Morgan fingerprint density at radius 3 is 2.60 bits per heavy atom. The van der Waals surface area contributed by atoms with Gasteiger partial charge in [0.25, 0.3) is 0 Å². The van der Waals surface area contributed by atoms with Crippen LogP contribution in [0.3, 0.4) is 0 Å². The highest BCUT2D eigenvalue weighted by atomic mass is 16.6. The van der Waals surface area contributed by atoms with Crippen molar-refractivity contribution in [3.63, 3.8) is 0 Å². The zero-order valence-corrected chi connectivity index (χ0v) is 12.2. The third-order valence-corrected chi connectivity index (χ3v) is 3.92. The number of esters is 3. The maximum Gasteiger partial charge on any atom is 0.350 e. The Hall–Kier alpha value is -1.59. The van der Waals surface area contributed by atoms with Crippen molar-refractivity contribution in [3.8, 4) is 0 Å². The van der Waals surface area contributed by atoms with Crippen LogP contribution in [0.5, 0.6) is 0 Å². The molecule has 1 aliphatic carbocycles. The number of fused-ring (bicyclic) bond motifs is 2. The fraction of sp³-hybridized carbons (Fsp3) is 0.786. The van der Waals surface area contributed by atoms with E-state index in [0.29, 0.717) is 19.3 Å². The molecule has 2 aliphatic rings. The molecule has 3 atom stereocenters. The number of rotatable bonds is 3. The molecule has 2 bridgehead atoms. The van der Waals surface area contributed by atoms with Gasteiger partial charge in [-0.3, -0.25) is 9.59 Å². The van der Waals surface area contributed by atoms with Crippen LogP contribution in [0.1, 0.15) is 47.0 Å². The van der Waals surface area contributed by atoms with Crippen LogP contribution in [-0.4, -0.2) is 35.2 Å². The minimum absolute atomic E-state index is 0.0866. The Morgan fingerprint density at radius 2 is 2.00 bits per heavy atom. The summed E-state index contributed by atoms with van der Waals surface area (Å²) in [5.74, 6) is -1.48. The molecule has 1 heterocycles. The van der Waals surface area contributed by atoms with Gasteiger partial charge in [0.1, 0.15) is 11.7 Å². The second-order valence-corrected chi connectivity index (χ2v) is 6.21. The molecular weight excluding hydrogens is 264 g/mol. The third-order valence-electron chi connectivity index (χ3n) is 3.92. The van der Waals surface area contributed by atoms with E-state index >= 15 is 0 Å². The Morgan fingerprint density at radius 1 is 1.35 bits per heavy atom. The maximum atomic E-state index is 12.1. The van der Waals surface area contributed by atoms with Crippen LogP contribution in [0.25, 0.3) is 0 Å². The SMILES string of the molecule is CC(=O)OC(C)(C)C(=O)OC1CCC2CC1(C)OC2=O. The third kappa shape index (κ3) is 2.64. The van der Waals surface area contributed by atoms with Gasteiger partial charge < -0.3 is 14.2 Å². The number of carbonyl (C=O) groups is 3. The molecule has 6 nitrogen and oxygen atoms in total. The first-order chi connectivity index (χ1) is 9.14. The van der Waals surface area contributed by atoms with Crippen molar-refractivity contribution in [1.29, 1.82) is 0 Å². The largest absolute Gasteiger partial charge is 0.455 e. The van der Waals surface area contributed by atoms with Crippen LogP contribution in [0.15, 0.2) is 0 Å². The topological polar surface area (TPSA) is 78.9 Å². The predicted octanol–water partition coefficient (Wildman–Crippen LogP) is 1.36. The van der Waals surface area contributed by atoms with E-state index < -0.39 is 29.2 Å². The Bertz CT molecular complexity index is 455. The van der Waals surface area contributed by atoms with Crippen molar-refractivity contribution < 1.29 is 28.6 Å². The first-order valence-electron chi connectivity index (χ1n) is 6.77. The van der Waals surface area contributed by atoms with E-state index in [4.69, 9.17) is 14.2 Å². The average Bonchev–Trinajstić information content (AvgIpc) is 2.52. The lowest BCUT2D eigenvalue weighted by atomic mass is 9.80. The van der Waals surface area contributed by atoms with Gasteiger partial charge in [-0.1, -0.05) is 0 Å². The van der Waals surface area contributed by atoms with E-state index in [-0.39, 0.29) is 11.9 Å². The molecule has 1 saturated heterocycles. The highest BCUT2D eigenvalue weighted by molar-refractivity contribution is 5.82. The van der Waals surface area contributed by atoms with Gasteiger partial charge in [0.05, 0.1) is 5.92 Å². The summed E-state index contributed by atoms with van der Waals surface area (Å²) in [5, 5.41) is 0. The molecule has 0 aromatic carbocycles. The monoisotopic (exact) mass is 284 g/mol. The van der Waals surface area contributed by atoms with Gasteiger partial charge >= 0.3 is 17.9 Å². The molecule has 0 aromatic rings. The lowest BCUT2D eigenvalue weighted by Crippen LogP contribution is -2.48. The Balaban J connectivity index is 2.05. The normalized spacial score (nSPS) is 32.5. The Kier molecular flexibility index (Phi) is 3.52. The molecule has 20 heavy (non-hydrogen) atoms. The van der Waals surface area contributed by atoms with E-state index in [1.165, 1.54) is 20.8 Å². The molecule has 2 rings (SSSR count). The van der Waals surface area contributed by atoms with Crippen LogP contribution in [0.4, 0.5) is 0 Å². The van der Waals surface area contributed by atoms with Crippen LogP contribution >= 0.6 is 0 Å². The van der Waals surface area contributed by atoms with Crippen molar-refractivity contribution in [2.75, 3.05) is 0 Å². The van der Waals surface area contributed by atoms with Crippen LogP contribution in [0, 0.1) is 5.92 Å². The number of hydrogen-bond acceptors (Lipinski definition) is 6. The maximum absolute atomic E-state index is 12.1. The first-order valence-corrected chi connectivity index (χ1v) is 6.77. The van der Waals surface area contributed by atoms with Crippen molar-refractivity contribution in [2.24, 2.45) is 5.92 Å². The summed E-state index contributed by atoms with van der Waals surface area (Å²) < 4.78 is 15.8. The summed E-state index contributed by atoms with van der Waals surface area (Å²) in [6.07, 6.45) is 1.31. The first kappa shape index (κ1) is 14.8. The van der Waals surface area contributed by atoms with Crippen molar-refractivity contribution in [3.05, 3.63) is 0 Å². The highest BCUT2D eigenvalue weighted by Crippen LogP contribution is 2.44. The van der Waals surface area contributed by atoms with Gasteiger partial charge in [0.2, 0.25) is 5.60 Å². The van der Waals surface area contributed by atoms with Gasteiger partial charge in [0, 0.05) is 13.3 Å². The van der Waals surface area contributed by atoms with Crippen LogP contribution < -0.4 is 0 Å². The Labute approximate surface area is 117 Å². The molecule has 3 unspecified atom stereocenters. The molecule has 1 aliphatic heterocycles. The van der Waals surface area contributed by atoms with Crippen molar-refractivity contribution >= 4 is 17.9 Å². The van der Waals surface area contributed by atoms with Gasteiger partial charge in [0.15, 0.2) is 0 Å². The zero-order valence-electron chi connectivity index (χ0n) is 12.2. The van der Waals surface area contributed by atoms with E-state index in [2.05, 4.69) is 0 Å². The molecule has 0 aromatic heterocycles. The zero-order chi connectivity index (χ0) is 15.1. The predicted molar refractivity (Wildman–Crippen MR) is 67.6 cm³/mol. The molecule has 6 heteroatoms. The molecular formula is C14H20O6.